The molecule has 0 aliphatic rings. The molecule has 0 aliphatic carbocycles. The summed E-state index contributed by atoms with van der Waals surface area (Å²) in [5.41, 5.74) is 1.76. The van der Waals surface area contributed by atoms with Gasteiger partial charge in [0.25, 0.3) is 0 Å². The van der Waals surface area contributed by atoms with Crippen molar-refractivity contribution in [3.8, 4) is 6.07 Å². The van der Waals surface area contributed by atoms with E-state index in [9.17, 15) is 9.18 Å². The molecule has 5 nitrogen and oxygen atoms in total. The number of hydrogen-bond acceptors (Lipinski definition) is 4. The number of rotatable bonds is 6. The standard InChI is InChI=1S/C13H16N2O2.C7H8FN.C2H6/c1-2-15(10-6-9-14)13(16)17-11-12-7-4-3-5-8-12;1-9-7-4-2-3-6(8)5-7;1-2/h3-5,7-8H,2,6,10-11H2,1H3;2-5,9H,1H3;1-2H3. The van der Waals surface area contributed by atoms with Gasteiger partial charge in [0.15, 0.2) is 0 Å². The Balaban J connectivity index is 0.000000556. The summed E-state index contributed by atoms with van der Waals surface area (Å²) in [6.45, 7) is 7.10. The minimum atomic E-state index is -0.369. The van der Waals surface area contributed by atoms with Crippen molar-refractivity contribution in [1.29, 1.82) is 5.26 Å². The summed E-state index contributed by atoms with van der Waals surface area (Å²) >= 11 is 0. The molecule has 0 heterocycles. The molecule has 2 aromatic carbocycles. The van der Waals surface area contributed by atoms with E-state index in [0.29, 0.717) is 19.5 Å². The Labute approximate surface area is 167 Å². The molecule has 0 saturated heterocycles. The minimum Gasteiger partial charge on any atom is -0.445 e. The molecule has 0 bridgehead atoms. The number of ether oxygens (including phenoxy) is 1. The van der Waals surface area contributed by atoms with Gasteiger partial charge in [-0.25, -0.2) is 9.18 Å². The third-order valence-corrected chi connectivity index (χ3v) is 3.45. The first kappa shape index (κ1) is 24.9. The average Bonchev–Trinajstić information content (AvgIpc) is 2.75. The van der Waals surface area contributed by atoms with Crippen LogP contribution in [0.15, 0.2) is 54.6 Å². The largest absolute Gasteiger partial charge is 0.445 e. The molecule has 1 amide bonds. The van der Waals surface area contributed by atoms with Crippen molar-refractivity contribution in [2.24, 2.45) is 0 Å². The van der Waals surface area contributed by atoms with E-state index in [-0.39, 0.29) is 18.5 Å². The number of nitriles is 1. The van der Waals surface area contributed by atoms with Crippen molar-refractivity contribution in [3.05, 3.63) is 66.0 Å². The second-order valence-corrected chi connectivity index (χ2v) is 5.29. The molecule has 28 heavy (non-hydrogen) atoms. The maximum atomic E-state index is 12.3. The summed E-state index contributed by atoms with van der Waals surface area (Å²) in [6, 6.07) is 17.9. The highest BCUT2D eigenvalue weighted by Crippen LogP contribution is 2.07. The van der Waals surface area contributed by atoms with Crippen LogP contribution >= 0.6 is 0 Å². The molecule has 6 heteroatoms. The number of nitrogens with zero attached hydrogens (tertiary/aromatic N) is 2. The van der Waals surface area contributed by atoms with Crippen molar-refractivity contribution in [3.63, 3.8) is 0 Å². The van der Waals surface area contributed by atoms with E-state index in [4.69, 9.17) is 10.00 Å². The molecule has 1 N–H and O–H groups in total. The van der Waals surface area contributed by atoms with Crippen LogP contribution < -0.4 is 5.32 Å². The number of halogens is 1. The summed E-state index contributed by atoms with van der Waals surface area (Å²) in [4.78, 5) is 13.2. The zero-order valence-electron chi connectivity index (χ0n) is 17.1. The predicted octanol–water partition coefficient (Wildman–Crippen LogP) is 5.45. The highest BCUT2D eigenvalue weighted by atomic mass is 19.1. The third kappa shape index (κ3) is 10.8. The number of anilines is 1. The normalized spacial score (nSPS) is 8.86. The van der Waals surface area contributed by atoms with Crippen LogP contribution in [-0.2, 0) is 11.3 Å². The smallest absolute Gasteiger partial charge is 0.410 e. The Bertz CT molecular complexity index is 702. The van der Waals surface area contributed by atoms with E-state index in [1.165, 1.54) is 17.0 Å². The van der Waals surface area contributed by atoms with Gasteiger partial charge in [0, 0.05) is 25.8 Å². The van der Waals surface area contributed by atoms with Gasteiger partial charge in [-0.1, -0.05) is 50.2 Å². The molecule has 0 aromatic heterocycles. The van der Waals surface area contributed by atoms with E-state index in [2.05, 4.69) is 5.32 Å². The van der Waals surface area contributed by atoms with Crippen LogP contribution in [0.4, 0.5) is 14.9 Å². The molecular weight excluding hydrogens is 357 g/mol. The molecule has 0 aliphatic heterocycles. The molecule has 0 saturated carbocycles. The van der Waals surface area contributed by atoms with Crippen LogP contribution in [0.3, 0.4) is 0 Å². The summed E-state index contributed by atoms with van der Waals surface area (Å²) in [5, 5.41) is 11.3. The summed E-state index contributed by atoms with van der Waals surface area (Å²) in [5.74, 6) is -0.207. The van der Waals surface area contributed by atoms with Crippen LogP contribution in [0.2, 0.25) is 0 Å². The Morgan fingerprint density at radius 3 is 2.36 bits per heavy atom. The summed E-state index contributed by atoms with van der Waals surface area (Å²) in [7, 11) is 1.76. The number of carbonyl (C=O) groups is 1. The summed E-state index contributed by atoms with van der Waals surface area (Å²) < 4.78 is 17.5. The molecule has 0 spiro atoms. The fourth-order valence-corrected chi connectivity index (χ4v) is 2.02. The predicted molar refractivity (Wildman–Crippen MR) is 111 cm³/mol. The number of amides is 1. The first-order chi connectivity index (χ1) is 13.6. The van der Waals surface area contributed by atoms with Gasteiger partial charge in [-0.15, -0.1) is 0 Å². The molecule has 0 fully saturated rings. The number of hydrogen-bond donors (Lipinski definition) is 1. The van der Waals surface area contributed by atoms with Gasteiger partial charge in [0.2, 0.25) is 0 Å². The van der Waals surface area contributed by atoms with Crippen LogP contribution in [0, 0.1) is 17.1 Å². The number of nitrogens with one attached hydrogen (secondary N) is 1. The number of carbonyl (C=O) groups excluding carboxylic acids is 1. The van der Waals surface area contributed by atoms with E-state index in [0.717, 1.165) is 11.3 Å². The van der Waals surface area contributed by atoms with Crippen molar-refractivity contribution in [2.45, 2.75) is 33.8 Å². The SMILES string of the molecule is CC.CCN(CCC#N)C(=O)OCc1ccccc1.CNc1cccc(F)c1. The second kappa shape index (κ2) is 16.1. The zero-order valence-corrected chi connectivity index (χ0v) is 17.1. The lowest BCUT2D eigenvalue weighted by Crippen LogP contribution is -2.32. The number of benzene rings is 2. The molecular formula is C22H30FN3O2. The van der Waals surface area contributed by atoms with Gasteiger partial charge in [-0.2, -0.15) is 5.26 Å². The van der Waals surface area contributed by atoms with Gasteiger partial charge in [-0.3, -0.25) is 0 Å². The fraction of sp³-hybridized carbons (Fsp3) is 0.364. The van der Waals surface area contributed by atoms with E-state index in [1.807, 2.05) is 63.2 Å². The molecule has 152 valence electrons. The Hall–Kier alpha value is -3.07. The molecule has 2 rings (SSSR count). The third-order valence-electron chi connectivity index (χ3n) is 3.45. The maximum absolute atomic E-state index is 12.3. The fourth-order valence-electron chi connectivity index (χ4n) is 2.02. The van der Waals surface area contributed by atoms with Crippen molar-refractivity contribution >= 4 is 11.8 Å². The van der Waals surface area contributed by atoms with E-state index >= 15 is 0 Å². The lowest BCUT2D eigenvalue weighted by molar-refractivity contribution is 0.0987. The minimum absolute atomic E-state index is 0.207. The van der Waals surface area contributed by atoms with Crippen LogP contribution in [0.1, 0.15) is 32.8 Å². The Morgan fingerprint density at radius 2 is 1.86 bits per heavy atom. The van der Waals surface area contributed by atoms with Crippen molar-refractivity contribution in [1.82, 2.24) is 4.90 Å². The lowest BCUT2D eigenvalue weighted by Gasteiger charge is -2.18. The zero-order chi connectivity index (χ0) is 21.2. The van der Waals surface area contributed by atoms with Gasteiger partial charge >= 0.3 is 6.09 Å². The average molecular weight is 387 g/mol. The lowest BCUT2D eigenvalue weighted by atomic mass is 10.2. The van der Waals surface area contributed by atoms with Crippen LogP contribution in [0.25, 0.3) is 0 Å². The Morgan fingerprint density at radius 1 is 1.18 bits per heavy atom. The van der Waals surface area contributed by atoms with Crippen LogP contribution in [0.5, 0.6) is 0 Å². The molecule has 0 unspecified atom stereocenters. The first-order valence-corrected chi connectivity index (χ1v) is 9.36. The Kier molecular flexibility index (Phi) is 14.4. The highest BCUT2D eigenvalue weighted by molar-refractivity contribution is 5.67. The van der Waals surface area contributed by atoms with Gasteiger partial charge < -0.3 is 15.0 Å². The van der Waals surface area contributed by atoms with E-state index < -0.39 is 0 Å². The first-order valence-electron chi connectivity index (χ1n) is 9.36. The van der Waals surface area contributed by atoms with Gasteiger partial charge in [0.1, 0.15) is 12.4 Å². The van der Waals surface area contributed by atoms with Crippen LogP contribution in [-0.4, -0.2) is 31.1 Å². The monoisotopic (exact) mass is 387 g/mol. The highest BCUT2D eigenvalue weighted by Gasteiger charge is 2.12. The topological polar surface area (TPSA) is 65.4 Å². The quantitative estimate of drug-likeness (QED) is 0.715. The summed E-state index contributed by atoms with van der Waals surface area (Å²) in [6.07, 6.45) is -0.0412. The second-order valence-electron chi connectivity index (χ2n) is 5.29. The van der Waals surface area contributed by atoms with Gasteiger partial charge in [-0.05, 0) is 30.7 Å². The van der Waals surface area contributed by atoms with Gasteiger partial charge in [0.05, 0.1) is 12.5 Å². The molecule has 0 atom stereocenters. The van der Waals surface area contributed by atoms with E-state index in [1.54, 1.807) is 13.1 Å². The molecule has 0 radical (unpaired) electrons. The van der Waals surface area contributed by atoms with Crippen molar-refractivity contribution < 1.29 is 13.9 Å². The molecule has 2 aromatic rings. The maximum Gasteiger partial charge on any atom is 0.410 e. The van der Waals surface area contributed by atoms with Crippen molar-refractivity contribution in [2.75, 3.05) is 25.5 Å².